The summed E-state index contributed by atoms with van der Waals surface area (Å²) in [6.07, 6.45) is 3.43. The number of amidine groups is 1. The first-order valence-corrected chi connectivity index (χ1v) is 3.34. The summed E-state index contributed by atoms with van der Waals surface area (Å²) < 4.78 is 1.76. The van der Waals surface area contributed by atoms with E-state index in [4.69, 9.17) is 11.6 Å². The van der Waals surface area contributed by atoms with Gasteiger partial charge in [0.05, 0.1) is 11.8 Å². The van der Waals surface area contributed by atoms with Gasteiger partial charge in [-0.15, -0.1) is 0 Å². The van der Waals surface area contributed by atoms with Crippen LogP contribution in [0.3, 0.4) is 0 Å². The Kier molecular flexibility index (Phi) is 2.10. The summed E-state index contributed by atoms with van der Waals surface area (Å²) in [5.41, 5.74) is 6.19. The number of aromatic nitrogens is 2. The Bertz CT molecular complexity index is 262. The molecule has 60 valence electrons. The molecule has 1 heterocycles. The smallest absolute Gasteiger partial charge is 0.153 e. The van der Waals surface area contributed by atoms with Crippen LogP contribution in [0.1, 0.15) is 12.5 Å². The first-order valence-electron chi connectivity index (χ1n) is 3.34. The molecule has 5 nitrogen and oxygen atoms in total. The van der Waals surface area contributed by atoms with Gasteiger partial charge >= 0.3 is 0 Å². The van der Waals surface area contributed by atoms with Crippen molar-refractivity contribution >= 4 is 5.84 Å². The van der Waals surface area contributed by atoms with E-state index in [-0.39, 0.29) is 0 Å². The van der Waals surface area contributed by atoms with E-state index >= 15 is 0 Å². The van der Waals surface area contributed by atoms with Crippen molar-refractivity contribution in [3.05, 3.63) is 18.0 Å². The minimum atomic E-state index is 0.310. The Morgan fingerprint density at radius 1 is 1.82 bits per heavy atom. The van der Waals surface area contributed by atoms with Crippen molar-refractivity contribution in [3.8, 4) is 0 Å². The maximum atomic E-state index is 5.43. The largest absolute Gasteiger partial charge is 0.382 e. The lowest BCUT2D eigenvalue weighted by atomic mass is 10.3. The van der Waals surface area contributed by atoms with Crippen molar-refractivity contribution < 1.29 is 0 Å². The minimum Gasteiger partial charge on any atom is -0.382 e. The number of aryl methyl sites for hydroxylation is 1. The Labute approximate surface area is 64.7 Å². The molecule has 0 aliphatic heterocycles. The van der Waals surface area contributed by atoms with Crippen LogP contribution in [0.15, 0.2) is 17.5 Å². The van der Waals surface area contributed by atoms with Crippen LogP contribution < -0.4 is 11.6 Å². The van der Waals surface area contributed by atoms with Crippen LogP contribution in [0.25, 0.3) is 0 Å². The van der Waals surface area contributed by atoms with E-state index < -0.39 is 0 Å². The number of hydrogen-bond acceptors (Lipinski definition) is 3. The minimum absolute atomic E-state index is 0.310. The summed E-state index contributed by atoms with van der Waals surface area (Å²) >= 11 is 0. The first kappa shape index (κ1) is 7.59. The van der Waals surface area contributed by atoms with Gasteiger partial charge in [0.1, 0.15) is 0 Å². The normalized spacial score (nSPS) is 11.9. The number of hydrogen-bond donors (Lipinski definition) is 2. The predicted octanol–water partition coefficient (Wildman–Crippen LogP) is -0.518. The summed E-state index contributed by atoms with van der Waals surface area (Å²) in [7, 11) is 0. The number of nitrogens with two attached hydrogens (primary N) is 2. The van der Waals surface area contributed by atoms with Crippen LogP contribution in [0.4, 0.5) is 0 Å². The molecular formula is C6H11N5. The lowest BCUT2D eigenvalue weighted by Gasteiger charge is -1.91. The molecular weight excluding hydrogens is 142 g/mol. The highest BCUT2D eigenvalue weighted by Gasteiger charge is 1.99. The topological polar surface area (TPSA) is 82.2 Å². The van der Waals surface area contributed by atoms with E-state index in [0.717, 1.165) is 12.1 Å². The van der Waals surface area contributed by atoms with E-state index in [1.807, 2.05) is 6.92 Å². The quantitative estimate of drug-likeness (QED) is 0.259. The zero-order valence-corrected chi connectivity index (χ0v) is 6.36. The van der Waals surface area contributed by atoms with Gasteiger partial charge in [-0.25, -0.2) is 0 Å². The second-order valence-electron chi connectivity index (χ2n) is 2.10. The molecule has 1 rings (SSSR count). The third kappa shape index (κ3) is 1.49. The number of rotatable bonds is 2. The zero-order valence-electron chi connectivity index (χ0n) is 6.36. The first-order chi connectivity index (χ1) is 5.27. The molecule has 0 atom stereocenters. The number of hydrazone groups is 1. The number of nitrogens with zero attached hydrogens (tertiary/aromatic N) is 3. The van der Waals surface area contributed by atoms with Crippen molar-refractivity contribution in [3.63, 3.8) is 0 Å². The van der Waals surface area contributed by atoms with Gasteiger partial charge in [0.15, 0.2) is 5.84 Å². The van der Waals surface area contributed by atoms with E-state index in [9.17, 15) is 0 Å². The Morgan fingerprint density at radius 2 is 2.55 bits per heavy atom. The van der Waals surface area contributed by atoms with Crippen LogP contribution in [0.2, 0.25) is 0 Å². The molecule has 0 aliphatic rings. The second-order valence-corrected chi connectivity index (χ2v) is 2.10. The lowest BCUT2D eigenvalue weighted by molar-refractivity contribution is 0.660. The summed E-state index contributed by atoms with van der Waals surface area (Å²) in [5, 5.41) is 7.35. The molecule has 0 saturated carbocycles. The molecule has 0 amide bonds. The van der Waals surface area contributed by atoms with Crippen molar-refractivity contribution in [1.82, 2.24) is 9.78 Å². The highest BCUT2D eigenvalue weighted by Crippen LogP contribution is 1.95. The fraction of sp³-hybridized carbons (Fsp3) is 0.333. The standard InChI is InChI=1S/C6H11N5/c1-2-11-4-5(3-9-11)6(7)10-8/h3-4H,2,8H2,1H3,(H2,7,10). The molecule has 5 heteroatoms. The molecule has 0 aromatic carbocycles. The van der Waals surface area contributed by atoms with Crippen molar-refractivity contribution in [2.24, 2.45) is 16.7 Å². The summed E-state index contributed by atoms with van der Waals surface area (Å²) in [6.45, 7) is 2.81. The molecule has 0 bridgehead atoms. The van der Waals surface area contributed by atoms with Gasteiger partial charge in [-0.1, -0.05) is 0 Å². The Morgan fingerprint density at radius 3 is 3.00 bits per heavy atom. The van der Waals surface area contributed by atoms with E-state index in [0.29, 0.717) is 5.84 Å². The van der Waals surface area contributed by atoms with E-state index in [2.05, 4.69) is 10.2 Å². The highest BCUT2D eigenvalue weighted by molar-refractivity contribution is 5.96. The molecule has 11 heavy (non-hydrogen) atoms. The van der Waals surface area contributed by atoms with Gasteiger partial charge in [0.2, 0.25) is 0 Å². The molecule has 1 aromatic rings. The monoisotopic (exact) mass is 153 g/mol. The van der Waals surface area contributed by atoms with Crippen LogP contribution in [0.5, 0.6) is 0 Å². The maximum absolute atomic E-state index is 5.43. The van der Waals surface area contributed by atoms with Crippen LogP contribution in [0, 0.1) is 0 Å². The maximum Gasteiger partial charge on any atom is 0.153 e. The van der Waals surface area contributed by atoms with Crippen molar-refractivity contribution in [2.75, 3.05) is 0 Å². The van der Waals surface area contributed by atoms with Gasteiger partial charge < -0.3 is 11.6 Å². The molecule has 1 aromatic heterocycles. The van der Waals surface area contributed by atoms with E-state index in [1.54, 1.807) is 17.1 Å². The van der Waals surface area contributed by atoms with Gasteiger partial charge in [-0.3, -0.25) is 4.68 Å². The molecule has 0 aliphatic carbocycles. The van der Waals surface area contributed by atoms with Crippen molar-refractivity contribution in [2.45, 2.75) is 13.5 Å². The fourth-order valence-electron chi connectivity index (χ4n) is 0.743. The second kappa shape index (κ2) is 3.05. The van der Waals surface area contributed by atoms with Crippen molar-refractivity contribution in [1.29, 1.82) is 0 Å². The van der Waals surface area contributed by atoms with Crippen LogP contribution in [-0.2, 0) is 6.54 Å². The molecule has 4 N–H and O–H groups in total. The summed E-state index contributed by atoms with van der Waals surface area (Å²) in [4.78, 5) is 0. The molecule has 0 unspecified atom stereocenters. The molecule has 0 radical (unpaired) electrons. The zero-order chi connectivity index (χ0) is 8.27. The average molecular weight is 153 g/mol. The Hall–Kier alpha value is -1.52. The lowest BCUT2D eigenvalue weighted by Crippen LogP contribution is -2.14. The fourth-order valence-corrected chi connectivity index (χ4v) is 0.743. The third-order valence-electron chi connectivity index (χ3n) is 1.39. The third-order valence-corrected chi connectivity index (χ3v) is 1.39. The SMILES string of the molecule is CCn1cc(/C(N)=N/N)cn1. The van der Waals surface area contributed by atoms with Gasteiger partial charge in [-0.05, 0) is 6.92 Å². The van der Waals surface area contributed by atoms with E-state index in [1.165, 1.54) is 0 Å². The predicted molar refractivity (Wildman–Crippen MR) is 42.8 cm³/mol. The summed E-state index contributed by atoms with van der Waals surface area (Å²) in [6, 6.07) is 0. The highest BCUT2D eigenvalue weighted by atomic mass is 15.3. The Balaban J connectivity index is 2.89. The average Bonchev–Trinajstić information content (AvgIpc) is 2.50. The van der Waals surface area contributed by atoms with Crippen LogP contribution in [-0.4, -0.2) is 15.6 Å². The summed E-state index contributed by atoms with van der Waals surface area (Å²) in [5.74, 6) is 5.29. The molecule has 0 fully saturated rings. The molecule has 0 saturated heterocycles. The van der Waals surface area contributed by atoms with Gasteiger partial charge in [-0.2, -0.15) is 10.2 Å². The van der Waals surface area contributed by atoms with Crippen LogP contribution >= 0.6 is 0 Å². The van der Waals surface area contributed by atoms with Gasteiger partial charge in [0.25, 0.3) is 0 Å². The molecule has 0 spiro atoms. The van der Waals surface area contributed by atoms with Gasteiger partial charge in [0, 0.05) is 12.7 Å².